The van der Waals surface area contributed by atoms with Crippen LogP contribution in [-0.2, 0) is 9.84 Å². The first-order chi connectivity index (χ1) is 9.45. The van der Waals surface area contributed by atoms with Crippen LogP contribution in [0.1, 0.15) is 20.7 Å². The normalized spacial score (nSPS) is 11.0. The zero-order valence-electron chi connectivity index (χ0n) is 10.2. The maximum atomic E-state index is 12.3. The van der Waals surface area contributed by atoms with Crippen molar-refractivity contribution in [3.8, 4) is 0 Å². The summed E-state index contributed by atoms with van der Waals surface area (Å²) >= 11 is 0. The van der Waals surface area contributed by atoms with Crippen LogP contribution in [0.2, 0.25) is 0 Å². The molecule has 0 aliphatic rings. The van der Waals surface area contributed by atoms with Crippen LogP contribution in [-0.4, -0.2) is 25.8 Å². The maximum absolute atomic E-state index is 12.3. The molecule has 0 fully saturated rings. The molecule has 6 heteroatoms. The Morgan fingerprint density at radius 2 is 1.35 bits per heavy atom. The molecule has 5 nitrogen and oxygen atoms in total. The molecule has 0 amide bonds. The van der Waals surface area contributed by atoms with Crippen LogP contribution in [0.5, 0.6) is 0 Å². The molecule has 0 saturated carbocycles. The fraction of sp³-hybridized carbons (Fsp3) is 0. The smallest absolute Gasteiger partial charge is 0.335 e. The molecule has 0 heterocycles. The molecule has 102 valence electrons. The SMILES string of the molecule is O=Cc1ccc(S(=O)(=O)c2ccc(C(=O)O)cc2)cc1. The first-order valence-corrected chi connectivity index (χ1v) is 7.07. The van der Waals surface area contributed by atoms with Gasteiger partial charge in [0.2, 0.25) is 9.84 Å². The number of carbonyl (C=O) groups is 2. The van der Waals surface area contributed by atoms with E-state index in [0.717, 1.165) is 0 Å². The molecule has 0 radical (unpaired) electrons. The van der Waals surface area contributed by atoms with E-state index in [2.05, 4.69) is 0 Å². The van der Waals surface area contributed by atoms with E-state index in [1.807, 2.05) is 0 Å². The van der Waals surface area contributed by atoms with Gasteiger partial charge in [-0.2, -0.15) is 0 Å². The third-order valence-electron chi connectivity index (χ3n) is 2.74. The molecule has 0 aromatic heterocycles. The topological polar surface area (TPSA) is 88.5 Å². The van der Waals surface area contributed by atoms with Gasteiger partial charge in [-0.3, -0.25) is 4.79 Å². The number of sulfone groups is 1. The third-order valence-corrected chi connectivity index (χ3v) is 4.52. The van der Waals surface area contributed by atoms with Gasteiger partial charge < -0.3 is 5.11 Å². The predicted octanol–water partition coefficient (Wildman–Crippen LogP) is 2.03. The van der Waals surface area contributed by atoms with Crippen LogP contribution in [0.15, 0.2) is 58.3 Å². The van der Waals surface area contributed by atoms with E-state index in [1.165, 1.54) is 48.5 Å². The summed E-state index contributed by atoms with van der Waals surface area (Å²) in [6.07, 6.45) is 0.623. The first kappa shape index (κ1) is 14.0. The number of carbonyl (C=O) groups excluding carboxylic acids is 1. The van der Waals surface area contributed by atoms with Gasteiger partial charge in [0.15, 0.2) is 0 Å². The van der Waals surface area contributed by atoms with Gasteiger partial charge in [-0.25, -0.2) is 13.2 Å². The second kappa shape index (κ2) is 5.26. The van der Waals surface area contributed by atoms with E-state index >= 15 is 0 Å². The molecular formula is C14H10O5S. The molecule has 1 N–H and O–H groups in total. The van der Waals surface area contributed by atoms with Crippen LogP contribution >= 0.6 is 0 Å². The van der Waals surface area contributed by atoms with Gasteiger partial charge in [0, 0.05) is 5.56 Å². The van der Waals surface area contributed by atoms with Gasteiger partial charge in [-0.15, -0.1) is 0 Å². The lowest BCUT2D eigenvalue weighted by molar-refractivity contribution is 0.0696. The summed E-state index contributed by atoms with van der Waals surface area (Å²) < 4.78 is 24.6. The highest BCUT2D eigenvalue weighted by atomic mass is 32.2. The Labute approximate surface area is 115 Å². The van der Waals surface area contributed by atoms with Crippen molar-refractivity contribution in [2.24, 2.45) is 0 Å². The summed E-state index contributed by atoms with van der Waals surface area (Å²) in [5.41, 5.74) is 0.394. The Kier molecular flexibility index (Phi) is 3.67. The third kappa shape index (κ3) is 2.60. The monoisotopic (exact) mass is 290 g/mol. The second-order valence-electron chi connectivity index (χ2n) is 4.02. The summed E-state index contributed by atoms with van der Waals surface area (Å²) in [6.45, 7) is 0. The number of benzene rings is 2. The summed E-state index contributed by atoms with van der Waals surface area (Å²) in [7, 11) is -3.72. The van der Waals surface area contributed by atoms with Crippen LogP contribution in [0.4, 0.5) is 0 Å². The highest BCUT2D eigenvalue weighted by Crippen LogP contribution is 2.21. The standard InChI is InChI=1S/C14H10O5S/c15-9-10-1-5-12(6-2-10)20(18,19)13-7-3-11(4-8-13)14(16)17/h1-9H,(H,16,17). The minimum atomic E-state index is -3.72. The van der Waals surface area contributed by atoms with Crippen molar-refractivity contribution < 1.29 is 23.1 Å². The molecule has 0 bridgehead atoms. The quantitative estimate of drug-likeness (QED) is 0.870. The summed E-state index contributed by atoms with van der Waals surface area (Å²) in [5.74, 6) is -1.12. The molecule has 0 atom stereocenters. The molecular weight excluding hydrogens is 280 g/mol. The maximum Gasteiger partial charge on any atom is 0.335 e. The minimum absolute atomic E-state index is 0.00125. The largest absolute Gasteiger partial charge is 0.478 e. The highest BCUT2D eigenvalue weighted by molar-refractivity contribution is 7.91. The lowest BCUT2D eigenvalue weighted by Gasteiger charge is -2.05. The summed E-state index contributed by atoms with van der Waals surface area (Å²) in [5, 5.41) is 8.77. The molecule has 2 aromatic rings. The Balaban J connectivity index is 2.43. The van der Waals surface area contributed by atoms with Gasteiger partial charge in [-0.1, -0.05) is 12.1 Å². The van der Waals surface area contributed by atoms with Crippen molar-refractivity contribution in [3.05, 3.63) is 59.7 Å². The van der Waals surface area contributed by atoms with Gasteiger partial charge in [0.25, 0.3) is 0 Å². The van der Waals surface area contributed by atoms with Crippen molar-refractivity contribution >= 4 is 22.1 Å². The van der Waals surface area contributed by atoms with E-state index in [0.29, 0.717) is 11.8 Å². The molecule has 2 rings (SSSR count). The van der Waals surface area contributed by atoms with E-state index in [4.69, 9.17) is 5.11 Å². The van der Waals surface area contributed by atoms with Crippen molar-refractivity contribution in [2.75, 3.05) is 0 Å². The van der Waals surface area contributed by atoms with Gasteiger partial charge >= 0.3 is 5.97 Å². The Morgan fingerprint density at radius 3 is 1.75 bits per heavy atom. The van der Waals surface area contributed by atoms with Crippen molar-refractivity contribution in [1.82, 2.24) is 0 Å². The van der Waals surface area contributed by atoms with E-state index < -0.39 is 15.8 Å². The van der Waals surface area contributed by atoms with Crippen molar-refractivity contribution in [3.63, 3.8) is 0 Å². The van der Waals surface area contributed by atoms with E-state index in [1.54, 1.807) is 0 Å². The number of aromatic carboxylic acids is 1. The van der Waals surface area contributed by atoms with E-state index in [-0.39, 0.29) is 15.4 Å². The van der Waals surface area contributed by atoms with Crippen LogP contribution in [0, 0.1) is 0 Å². The second-order valence-corrected chi connectivity index (χ2v) is 5.97. The number of rotatable bonds is 4. The zero-order chi connectivity index (χ0) is 14.8. The predicted molar refractivity (Wildman–Crippen MR) is 70.7 cm³/mol. The number of hydrogen-bond acceptors (Lipinski definition) is 4. The Morgan fingerprint density at radius 1 is 0.900 bits per heavy atom. The molecule has 20 heavy (non-hydrogen) atoms. The zero-order valence-corrected chi connectivity index (χ0v) is 11.0. The van der Waals surface area contributed by atoms with Gasteiger partial charge in [0.1, 0.15) is 6.29 Å². The van der Waals surface area contributed by atoms with E-state index in [9.17, 15) is 18.0 Å². The fourth-order valence-electron chi connectivity index (χ4n) is 1.64. The highest BCUT2D eigenvalue weighted by Gasteiger charge is 2.17. The van der Waals surface area contributed by atoms with Crippen molar-refractivity contribution in [2.45, 2.75) is 9.79 Å². The lowest BCUT2D eigenvalue weighted by atomic mass is 10.2. The Bertz CT molecular complexity index is 743. The van der Waals surface area contributed by atoms with Crippen LogP contribution < -0.4 is 0 Å². The average molecular weight is 290 g/mol. The van der Waals surface area contributed by atoms with Gasteiger partial charge in [-0.05, 0) is 36.4 Å². The van der Waals surface area contributed by atoms with Gasteiger partial charge in [0.05, 0.1) is 15.4 Å². The molecule has 0 aliphatic heterocycles. The van der Waals surface area contributed by atoms with Crippen LogP contribution in [0.3, 0.4) is 0 Å². The summed E-state index contributed by atoms with van der Waals surface area (Å²) in [4.78, 5) is 21.3. The lowest BCUT2D eigenvalue weighted by Crippen LogP contribution is -2.03. The molecule has 2 aromatic carbocycles. The number of carboxylic acids is 1. The minimum Gasteiger partial charge on any atom is -0.478 e. The number of hydrogen-bond donors (Lipinski definition) is 1. The first-order valence-electron chi connectivity index (χ1n) is 5.59. The molecule has 0 spiro atoms. The fourth-order valence-corrected chi connectivity index (χ4v) is 2.90. The van der Waals surface area contributed by atoms with Crippen LogP contribution in [0.25, 0.3) is 0 Å². The summed E-state index contributed by atoms with van der Waals surface area (Å²) in [6, 6.07) is 10.4. The molecule has 0 unspecified atom stereocenters. The number of carboxylic acid groups (broad SMARTS) is 1. The molecule has 0 aliphatic carbocycles. The van der Waals surface area contributed by atoms with Crippen molar-refractivity contribution in [1.29, 1.82) is 0 Å². The average Bonchev–Trinajstić information content (AvgIpc) is 2.47. The molecule has 0 saturated heterocycles. The number of aldehydes is 1. The Hall–Kier alpha value is -2.47.